The van der Waals surface area contributed by atoms with E-state index in [1.807, 2.05) is 31.2 Å². The summed E-state index contributed by atoms with van der Waals surface area (Å²) in [5, 5.41) is 10.6. The Labute approximate surface area is 141 Å². The summed E-state index contributed by atoms with van der Waals surface area (Å²) in [4.78, 5) is 15.2. The van der Waals surface area contributed by atoms with Gasteiger partial charge in [-0.3, -0.25) is 4.79 Å². The van der Waals surface area contributed by atoms with Crippen LogP contribution in [0.1, 0.15) is 5.56 Å². The molecule has 2 aromatic carbocycles. The Morgan fingerprint density at radius 3 is 2.70 bits per heavy atom. The van der Waals surface area contributed by atoms with Crippen LogP contribution < -0.4 is 5.43 Å². The summed E-state index contributed by atoms with van der Waals surface area (Å²) in [7, 11) is 0. The summed E-state index contributed by atoms with van der Waals surface area (Å²) >= 11 is 0. The number of aromatic hydroxyl groups is 1. The zero-order valence-corrected chi connectivity index (χ0v) is 13.8. The van der Waals surface area contributed by atoms with Gasteiger partial charge in [-0.2, -0.15) is 29.8 Å². The van der Waals surface area contributed by atoms with Crippen molar-refractivity contribution >= 4 is 10.9 Å². The molecule has 3 nitrogen and oxygen atoms in total. The molecule has 0 saturated carbocycles. The summed E-state index contributed by atoms with van der Waals surface area (Å²) in [6, 6.07) is 15.6. The van der Waals surface area contributed by atoms with Crippen LogP contribution in [-0.4, -0.2) is 10.1 Å². The third-order valence-electron chi connectivity index (χ3n) is 3.12. The maximum Gasteiger partial charge on any atom is 0.231 e. The Morgan fingerprint density at radius 1 is 1.20 bits per heavy atom. The largest absolute Gasteiger partial charge is 0.503 e. The molecule has 0 aliphatic rings. The molecule has 1 radical (unpaired) electrons. The second kappa shape index (κ2) is 5.90. The Hall–Kier alpha value is -1.45. The second-order valence-electron chi connectivity index (χ2n) is 4.48. The van der Waals surface area contributed by atoms with Crippen molar-refractivity contribution in [2.24, 2.45) is 0 Å². The van der Waals surface area contributed by atoms with Crippen molar-refractivity contribution in [3.63, 3.8) is 0 Å². The van der Waals surface area contributed by atoms with Crippen LogP contribution in [-0.2, 0) is 32.7 Å². The number of aromatic nitrogens is 1. The van der Waals surface area contributed by atoms with Crippen molar-refractivity contribution in [2.75, 3.05) is 0 Å². The Bertz CT molecular complexity index is 824. The third-order valence-corrected chi connectivity index (χ3v) is 3.12. The van der Waals surface area contributed by atoms with Gasteiger partial charge >= 0.3 is 0 Å². The van der Waals surface area contributed by atoms with Crippen molar-refractivity contribution in [1.29, 1.82) is 0 Å². The van der Waals surface area contributed by atoms with E-state index in [9.17, 15) is 9.90 Å². The zero-order chi connectivity index (χ0) is 13.4. The van der Waals surface area contributed by atoms with Gasteiger partial charge < -0.3 is 10.1 Å². The van der Waals surface area contributed by atoms with Crippen LogP contribution in [0.2, 0.25) is 0 Å². The summed E-state index contributed by atoms with van der Waals surface area (Å²) in [5.41, 5.74) is 2.53. The summed E-state index contributed by atoms with van der Waals surface area (Å²) < 4.78 is 0. The summed E-state index contributed by atoms with van der Waals surface area (Å²) in [5.74, 6) is -0.246. The van der Waals surface area contributed by atoms with Crippen LogP contribution in [0.4, 0.5) is 0 Å². The van der Waals surface area contributed by atoms with E-state index >= 15 is 0 Å². The second-order valence-corrected chi connectivity index (χ2v) is 4.48. The quantitative estimate of drug-likeness (QED) is 0.670. The molecule has 97 valence electrons. The molecule has 0 saturated heterocycles. The van der Waals surface area contributed by atoms with E-state index in [2.05, 4.69) is 11.1 Å². The monoisotopic (exact) mass is 339 g/mol. The van der Waals surface area contributed by atoms with Crippen molar-refractivity contribution in [3.8, 4) is 17.0 Å². The van der Waals surface area contributed by atoms with Crippen LogP contribution >= 0.6 is 0 Å². The first-order chi connectivity index (χ1) is 9.16. The fourth-order valence-electron chi connectivity index (χ4n) is 2.18. The van der Waals surface area contributed by atoms with Gasteiger partial charge in [-0.15, -0.1) is 5.56 Å². The first-order valence-corrected chi connectivity index (χ1v) is 5.99. The normalized spacial score (nSPS) is 10.2. The number of rotatable bonds is 1. The maximum atomic E-state index is 12.1. The first kappa shape index (κ1) is 15.0. The summed E-state index contributed by atoms with van der Waals surface area (Å²) in [6.07, 6.45) is 0. The maximum absolute atomic E-state index is 12.1. The van der Waals surface area contributed by atoms with Crippen LogP contribution in [0.3, 0.4) is 0 Å². The molecule has 0 unspecified atom stereocenters. The molecule has 1 aromatic heterocycles. The van der Waals surface area contributed by atoms with Crippen LogP contribution in [0.15, 0.2) is 47.3 Å². The van der Waals surface area contributed by atoms with Gasteiger partial charge in [-0.1, -0.05) is 19.1 Å². The van der Waals surface area contributed by atoms with Gasteiger partial charge in [-0.25, -0.2) is 0 Å². The van der Waals surface area contributed by atoms with Gasteiger partial charge in [0.1, 0.15) is 0 Å². The SMILES string of the molecule is Cc1[c-]ccc(-c2[nH]c3ccccc3c(=O)c2O)c1.[Y]. The van der Waals surface area contributed by atoms with Gasteiger partial charge in [0.2, 0.25) is 5.43 Å². The van der Waals surface area contributed by atoms with Crippen molar-refractivity contribution < 1.29 is 37.8 Å². The minimum atomic E-state index is -0.352. The van der Waals surface area contributed by atoms with Gasteiger partial charge in [0.25, 0.3) is 0 Å². The minimum absolute atomic E-state index is 0. The number of benzene rings is 2. The number of H-pyrrole nitrogens is 1. The number of fused-ring (bicyclic) bond motifs is 1. The van der Waals surface area contributed by atoms with E-state index in [4.69, 9.17) is 0 Å². The van der Waals surface area contributed by atoms with E-state index in [1.54, 1.807) is 18.2 Å². The summed E-state index contributed by atoms with van der Waals surface area (Å²) in [6.45, 7) is 1.92. The van der Waals surface area contributed by atoms with Gasteiger partial charge in [0.15, 0.2) is 5.75 Å². The predicted molar refractivity (Wildman–Crippen MR) is 75.2 cm³/mol. The van der Waals surface area contributed by atoms with E-state index in [0.29, 0.717) is 16.6 Å². The zero-order valence-electron chi connectivity index (χ0n) is 11.0. The number of pyridine rings is 1. The molecule has 20 heavy (non-hydrogen) atoms. The molecule has 0 bridgehead atoms. The topological polar surface area (TPSA) is 53.1 Å². The molecule has 4 heteroatoms. The average molecular weight is 339 g/mol. The molecular formula is C16H12NO2Y-. The van der Waals surface area contributed by atoms with Crippen molar-refractivity contribution in [1.82, 2.24) is 4.98 Å². The van der Waals surface area contributed by atoms with Crippen LogP contribution in [0, 0.1) is 13.0 Å². The fourth-order valence-corrected chi connectivity index (χ4v) is 2.18. The average Bonchev–Trinajstić information content (AvgIpc) is 2.43. The van der Waals surface area contributed by atoms with E-state index in [1.165, 1.54) is 0 Å². The number of nitrogens with one attached hydrogen (secondary N) is 1. The minimum Gasteiger partial charge on any atom is -0.503 e. The third kappa shape index (κ3) is 2.56. The number of aryl methyl sites for hydroxylation is 1. The fraction of sp³-hybridized carbons (Fsp3) is 0.0625. The number of para-hydroxylation sites is 1. The van der Waals surface area contributed by atoms with E-state index in [-0.39, 0.29) is 43.9 Å². The molecule has 0 amide bonds. The van der Waals surface area contributed by atoms with Gasteiger partial charge in [-0.05, 0) is 12.1 Å². The Balaban J connectivity index is 0.00000147. The number of aromatic amines is 1. The molecule has 2 N–H and O–H groups in total. The molecule has 0 fully saturated rings. The molecule has 0 atom stereocenters. The van der Waals surface area contributed by atoms with Gasteiger partial charge in [0.05, 0.1) is 5.69 Å². The van der Waals surface area contributed by atoms with E-state index in [0.717, 1.165) is 11.1 Å². The molecular weight excluding hydrogens is 327 g/mol. The molecule has 0 aliphatic heterocycles. The van der Waals surface area contributed by atoms with Crippen molar-refractivity contribution in [3.05, 3.63) is 64.3 Å². The number of hydrogen-bond donors (Lipinski definition) is 2. The molecule has 3 rings (SSSR count). The molecule has 3 aromatic rings. The van der Waals surface area contributed by atoms with Crippen LogP contribution in [0.5, 0.6) is 5.75 Å². The number of hydrogen-bond acceptors (Lipinski definition) is 2. The molecule has 0 spiro atoms. The Morgan fingerprint density at radius 2 is 1.95 bits per heavy atom. The van der Waals surface area contributed by atoms with E-state index < -0.39 is 0 Å². The predicted octanol–water partition coefficient (Wildman–Crippen LogP) is 3.01. The van der Waals surface area contributed by atoms with Crippen LogP contribution in [0.25, 0.3) is 22.2 Å². The Kier molecular flexibility index (Phi) is 4.41. The molecule has 1 heterocycles. The van der Waals surface area contributed by atoms with Gasteiger partial charge in [0, 0.05) is 43.6 Å². The standard InChI is InChI=1S/C16H12NO2.Y/c1-10-5-4-6-11(9-10)14-16(19)15(18)12-7-2-3-8-13(12)17-14;/h2-4,6-9,19H,1H3,(H,17,18);/q-1;. The van der Waals surface area contributed by atoms with Crippen molar-refractivity contribution in [2.45, 2.75) is 6.92 Å². The molecule has 0 aliphatic carbocycles. The smallest absolute Gasteiger partial charge is 0.231 e. The first-order valence-electron chi connectivity index (χ1n) is 5.99.